The minimum Gasteiger partial charge on any atom is -0.302 e. The van der Waals surface area contributed by atoms with Crippen LogP contribution in [0, 0.1) is 0 Å². The summed E-state index contributed by atoms with van der Waals surface area (Å²) < 4.78 is 1.14. The van der Waals surface area contributed by atoms with Gasteiger partial charge in [-0.25, -0.2) is 4.98 Å². The van der Waals surface area contributed by atoms with Gasteiger partial charge in [0.25, 0.3) is 0 Å². The number of hydrogen-bond acceptors (Lipinski definition) is 6. The Labute approximate surface area is 204 Å². The predicted octanol–water partition coefficient (Wildman–Crippen LogP) is 6.30. The Hall–Kier alpha value is -1.25. The summed E-state index contributed by atoms with van der Waals surface area (Å²) in [5, 5.41) is 0.813. The molecule has 31 heavy (non-hydrogen) atoms. The Kier molecular flexibility index (Phi) is 11.2. The lowest BCUT2D eigenvalue weighted by Crippen LogP contribution is -2.39. The first-order chi connectivity index (χ1) is 14.7. The van der Waals surface area contributed by atoms with Gasteiger partial charge in [-0.05, 0) is 43.6 Å². The van der Waals surface area contributed by atoms with E-state index >= 15 is 0 Å². The van der Waals surface area contributed by atoms with Crippen molar-refractivity contribution >= 4 is 68.5 Å². The number of para-hydroxylation sites is 1. The molecule has 0 spiro atoms. The van der Waals surface area contributed by atoms with Crippen molar-refractivity contribution in [2.45, 2.75) is 30.1 Å². The summed E-state index contributed by atoms with van der Waals surface area (Å²) in [5.74, 6) is 0.918. The van der Waals surface area contributed by atoms with E-state index in [1.807, 2.05) is 23.1 Å². The predicted molar refractivity (Wildman–Crippen MR) is 141 cm³/mol. The van der Waals surface area contributed by atoms with Crippen LogP contribution in [0.15, 0.2) is 58.3 Å². The van der Waals surface area contributed by atoms with Gasteiger partial charge in [-0.2, -0.15) is 0 Å². The van der Waals surface area contributed by atoms with Crippen molar-refractivity contribution in [3.8, 4) is 0 Å². The smallest absolute Gasteiger partial charge is 0.229 e. The van der Waals surface area contributed by atoms with Crippen LogP contribution in [0.25, 0.3) is 10.2 Å². The average molecular weight is 496 g/mol. The molecule has 2 aromatic carbocycles. The van der Waals surface area contributed by atoms with E-state index in [4.69, 9.17) is 4.98 Å². The minimum absolute atomic E-state index is 0. The van der Waals surface area contributed by atoms with Crippen molar-refractivity contribution in [3.05, 3.63) is 48.5 Å². The molecule has 0 bridgehead atoms. The maximum atomic E-state index is 13.2. The fourth-order valence-electron chi connectivity index (χ4n) is 3.21. The zero-order chi connectivity index (χ0) is 21.3. The highest BCUT2D eigenvalue weighted by Crippen LogP contribution is 2.34. The number of fused-ring (bicyclic) bond motifs is 1. The number of thiazole rings is 1. The van der Waals surface area contributed by atoms with E-state index in [-0.39, 0.29) is 18.3 Å². The fourth-order valence-corrected chi connectivity index (χ4v) is 5.73. The SMILES string of the molecule is CCN(CC)CCN(C(=O)CCSc1ccccc1)c1nc2c(SC)cccc2s1.Cl. The number of carbonyl (C=O) groups is 1. The van der Waals surface area contributed by atoms with Gasteiger partial charge in [0.1, 0.15) is 0 Å². The minimum atomic E-state index is 0. The number of rotatable bonds is 11. The number of nitrogens with zero attached hydrogens (tertiary/aromatic N) is 3. The lowest BCUT2D eigenvalue weighted by Gasteiger charge is -2.24. The van der Waals surface area contributed by atoms with Crippen molar-refractivity contribution in [3.63, 3.8) is 0 Å². The van der Waals surface area contributed by atoms with Gasteiger partial charge in [0, 0.05) is 35.1 Å². The standard InChI is InChI=1S/C23H29N3OS3.ClH/c1-4-25(5-2)15-16-26(21(27)14-17-29-18-10-7-6-8-11-18)23-24-22-19(28-3)12-9-13-20(22)30-23;/h6-13H,4-5,14-17H2,1-3H3;1H. The average Bonchev–Trinajstić information content (AvgIpc) is 3.21. The number of thioether (sulfide) groups is 2. The van der Waals surface area contributed by atoms with Gasteiger partial charge in [-0.15, -0.1) is 35.9 Å². The van der Waals surface area contributed by atoms with Gasteiger partial charge in [-0.3, -0.25) is 9.69 Å². The molecule has 1 aromatic heterocycles. The molecule has 4 nitrogen and oxygen atoms in total. The highest BCUT2D eigenvalue weighted by atomic mass is 35.5. The van der Waals surface area contributed by atoms with E-state index in [9.17, 15) is 4.79 Å². The van der Waals surface area contributed by atoms with E-state index in [0.717, 1.165) is 45.6 Å². The molecule has 0 radical (unpaired) electrons. The molecule has 0 aliphatic carbocycles. The first-order valence-corrected chi connectivity index (χ1v) is 13.3. The van der Waals surface area contributed by atoms with Crippen molar-refractivity contribution < 1.29 is 4.79 Å². The van der Waals surface area contributed by atoms with Crippen LogP contribution in [0.1, 0.15) is 20.3 Å². The normalized spacial score (nSPS) is 11.0. The van der Waals surface area contributed by atoms with Crippen LogP contribution in [-0.2, 0) is 4.79 Å². The van der Waals surface area contributed by atoms with Gasteiger partial charge in [0.2, 0.25) is 5.91 Å². The van der Waals surface area contributed by atoms with Gasteiger partial charge in [-0.1, -0.05) is 49.4 Å². The summed E-state index contributed by atoms with van der Waals surface area (Å²) in [6.45, 7) is 7.82. The van der Waals surface area contributed by atoms with Gasteiger partial charge in [0.15, 0.2) is 5.13 Å². The molecule has 0 aliphatic rings. The molecule has 0 unspecified atom stereocenters. The second-order valence-corrected chi connectivity index (χ2v) is 9.81. The lowest BCUT2D eigenvalue weighted by molar-refractivity contribution is -0.118. The first-order valence-electron chi connectivity index (χ1n) is 10.3. The molecule has 0 fully saturated rings. The largest absolute Gasteiger partial charge is 0.302 e. The van der Waals surface area contributed by atoms with Crippen LogP contribution >= 0.6 is 47.3 Å². The van der Waals surface area contributed by atoms with Gasteiger partial charge < -0.3 is 4.90 Å². The Morgan fingerprint density at radius 2 is 1.77 bits per heavy atom. The number of benzene rings is 2. The highest BCUT2D eigenvalue weighted by molar-refractivity contribution is 7.99. The summed E-state index contributed by atoms with van der Waals surface area (Å²) in [6.07, 6.45) is 2.57. The zero-order valence-corrected chi connectivity index (χ0v) is 21.5. The summed E-state index contributed by atoms with van der Waals surface area (Å²) in [6, 6.07) is 16.5. The van der Waals surface area contributed by atoms with Crippen LogP contribution < -0.4 is 4.90 Å². The van der Waals surface area contributed by atoms with Crippen LogP contribution in [0.2, 0.25) is 0 Å². The van der Waals surface area contributed by atoms with E-state index in [1.165, 1.54) is 4.90 Å². The molecule has 0 atom stereocenters. The molecule has 0 saturated heterocycles. The topological polar surface area (TPSA) is 36.4 Å². The van der Waals surface area contributed by atoms with E-state index in [2.05, 4.69) is 55.3 Å². The number of anilines is 1. The third-order valence-corrected chi connectivity index (χ3v) is 7.81. The van der Waals surface area contributed by atoms with Crippen molar-refractivity contribution in [2.75, 3.05) is 43.1 Å². The number of likely N-dealkylation sites (N-methyl/N-ethyl adjacent to an activating group) is 1. The molecule has 3 aromatic rings. The molecular formula is C23H30ClN3OS3. The van der Waals surface area contributed by atoms with Crippen molar-refractivity contribution in [2.24, 2.45) is 0 Å². The fraction of sp³-hybridized carbons (Fsp3) is 0.391. The number of carbonyl (C=O) groups excluding carboxylic acids is 1. The summed E-state index contributed by atoms with van der Waals surface area (Å²) in [7, 11) is 0. The van der Waals surface area contributed by atoms with Crippen LogP contribution in [0.4, 0.5) is 5.13 Å². The monoisotopic (exact) mass is 495 g/mol. The molecule has 3 rings (SSSR count). The van der Waals surface area contributed by atoms with E-state index < -0.39 is 0 Å². The summed E-state index contributed by atoms with van der Waals surface area (Å²) in [5.41, 5.74) is 1.00. The summed E-state index contributed by atoms with van der Waals surface area (Å²) in [4.78, 5) is 24.7. The number of aromatic nitrogens is 1. The number of halogens is 1. The molecule has 0 N–H and O–H groups in total. The Morgan fingerprint density at radius 3 is 2.45 bits per heavy atom. The first kappa shape index (κ1) is 26.0. The Bertz CT molecular complexity index is 948. The molecular weight excluding hydrogens is 466 g/mol. The number of hydrogen-bond donors (Lipinski definition) is 0. The van der Waals surface area contributed by atoms with E-state index in [0.29, 0.717) is 13.0 Å². The molecule has 0 aliphatic heterocycles. The quantitative estimate of drug-likeness (QED) is 0.292. The maximum absolute atomic E-state index is 13.2. The van der Waals surface area contributed by atoms with E-state index in [1.54, 1.807) is 34.9 Å². The van der Waals surface area contributed by atoms with Crippen LogP contribution in [0.5, 0.6) is 0 Å². The van der Waals surface area contributed by atoms with Gasteiger partial charge in [0.05, 0.1) is 10.2 Å². The zero-order valence-electron chi connectivity index (χ0n) is 18.2. The second-order valence-electron chi connectivity index (χ2n) is 6.79. The van der Waals surface area contributed by atoms with Crippen molar-refractivity contribution in [1.29, 1.82) is 0 Å². The highest BCUT2D eigenvalue weighted by Gasteiger charge is 2.21. The third-order valence-electron chi connectivity index (χ3n) is 4.98. The Morgan fingerprint density at radius 1 is 1.03 bits per heavy atom. The third kappa shape index (κ3) is 7.12. The Balaban J connectivity index is 0.00000341. The van der Waals surface area contributed by atoms with Crippen molar-refractivity contribution in [1.82, 2.24) is 9.88 Å². The second kappa shape index (κ2) is 13.3. The molecule has 1 amide bonds. The van der Waals surface area contributed by atoms with Crippen LogP contribution in [0.3, 0.4) is 0 Å². The molecule has 1 heterocycles. The summed E-state index contributed by atoms with van der Waals surface area (Å²) >= 11 is 5.04. The molecule has 8 heteroatoms. The maximum Gasteiger partial charge on any atom is 0.229 e. The lowest BCUT2D eigenvalue weighted by atomic mass is 10.3. The van der Waals surface area contributed by atoms with Gasteiger partial charge >= 0.3 is 0 Å². The number of amides is 1. The van der Waals surface area contributed by atoms with Crippen LogP contribution in [-0.4, -0.2) is 54.0 Å². The molecule has 0 saturated carbocycles. The molecule has 168 valence electrons.